The minimum atomic E-state index is -3.68. The monoisotopic (exact) mass is 333 g/mol. The Hall–Kier alpha value is -1.99. The Labute approximate surface area is 136 Å². The normalized spacial score (nSPS) is 16.8. The number of ketones is 1. The maximum atomic E-state index is 12.7. The molecule has 0 amide bonds. The molecule has 1 unspecified atom stereocenters. The van der Waals surface area contributed by atoms with Gasteiger partial charge in [-0.1, -0.05) is 10.3 Å². The molecule has 0 radical (unpaired) electrons. The first-order valence-electron chi connectivity index (χ1n) is 7.44. The molecule has 0 saturated carbocycles. The zero-order valence-electron chi connectivity index (χ0n) is 13.4. The summed E-state index contributed by atoms with van der Waals surface area (Å²) >= 11 is 0. The van der Waals surface area contributed by atoms with E-state index in [2.05, 4.69) is 9.82 Å². The summed E-state index contributed by atoms with van der Waals surface area (Å²) in [6.07, 6.45) is 1.47. The third-order valence-corrected chi connectivity index (χ3v) is 5.64. The van der Waals surface area contributed by atoms with Crippen molar-refractivity contribution in [3.63, 3.8) is 0 Å². The van der Waals surface area contributed by atoms with Gasteiger partial charge in [-0.3, -0.25) is 9.48 Å². The van der Waals surface area contributed by atoms with Crippen LogP contribution in [0.2, 0.25) is 0 Å². The van der Waals surface area contributed by atoms with Crippen LogP contribution in [0.25, 0.3) is 0 Å². The number of carbonyl (C=O) groups excluding carboxylic acids is 1. The lowest BCUT2D eigenvalue weighted by Gasteiger charge is -2.19. The molecule has 1 aliphatic rings. The number of hydrogen-bond donors (Lipinski definition) is 1. The number of nitrogens with one attached hydrogen (secondary N) is 1. The number of nitrogens with zero attached hydrogens (tertiary/aromatic N) is 2. The van der Waals surface area contributed by atoms with E-state index in [1.165, 1.54) is 0 Å². The van der Waals surface area contributed by atoms with Gasteiger partial charge in [-0.15, -0.1) is 0 Å². The number of fused-ring (bicyclic) bond motifs is 1. The highest BCUT2D eigenvalue weighted by Crippen LogP contribution is 2.28. The number of sulfonamides is 1. The van der Waals surface area contributed by atoms with Gasteiger partial charge in [-0.2, -0.15) is 9.82 Å². The van der Waals surface area contributed by atoms with Gasteiger partial charge in [-0.05, 0) is 43.5 Å². The molecule has 6 nitrogen and oxygen atoms in total. The van der Waals surface area contributed by atoms with E-state index in [9.17, 15) is 13.6 Å². The molecular formula is C16H19N3O3S. The lowest BCUT2D eigenvalue weighted by atomic mass is 9.91. The van der Waals surface area contributed by atoms with Crippen molar-refractivity contribution in [2.45, 2.75) is 38.0 Å². The molecule has 7 heteroatoms. The molecule has 0 bridgehead atoms. The van der Waals surface area contributed by atoms with Crippen molar-refractivity contribution in [1.82, 2.24) is 9.78 Å². The number of Topliss-reactive ketones (excluding diaryl/α,β-unsaturated/α-hetero) is 1. The molecule has 1 N–H and O–H groups in total. The third-order valence-electron chi connectivity index (χ3n) is 4.29. The van der Waals surface area contributed by atoms with Gasteiger partial charge in [0.25, 0.3) is 0 Å². The van der Waals surface area contributed by atoms with E-state index in [-0.39, 0.29) is 10.7 Å². The Morgan fingerprint density at radius 3 is 2.65 bits per heavy atom. The molecule has 0 saturated heterocycles. The van der Waals surface area contributed by atoms with Crippen LogP contribution in [0.15, 0.2) is 23.1 Å². The van der Waals surface area contributed by atoms with E-state index in [1.807, 2.05) is 6.92 Å². The standard InChI is InChI=1S/C16H19N3O3S/c1-10-16(11(2)19(3)17-10)18-23(21,22)15-7-5-12-8-14(20)6-4-13(12)9-15/h5,7,9H,4,6,8H2,1-3H3,(H-,18,21,22). The number of benzene rings is 1. The number of aromatic nitrogens is 2. The summed E-state index contributed by atoms with van der Waals surface area (Å²) in [7, 11) is -1.91. The molecule has 0 fully saturated rings. The van der Waals surface area contributed by atoms with Crippen molar-refractivity contribution in [2.75, 3.05) is 4.72 Å². The molecule has 3 rings (SSSR count). The summed E-state index contributed by atoms with van der Waals surface area (Å²) in [6, 6.07) is 4.97. The number of anilines is 1. The zero-order chi connectivity index (χ0) is 16.8. The van der Waals surface area contributed by atoms with Crippen LogP contribution in [0.5, 0.6) is 0 Å². The van der Waals surface area contributed by atoms with Crippen LogP contribution in [-0.2, 0) is 39.3 Å². The maximum absolute atomic E-state index is 12.7. The summed E-state index contributed by atoms with van der Waals surface area (Å²) in [5.74, 6) is 0.202. The minimum absolute atomic E-state index is 0.202. The maximum Gasteiger partial charge on any atom is 0.180 e. The van der Waals surface area contributed by atoms with Crippen LogP contribution in [0.1, 0.15) is 28.9 Å². The van der Waals surface area contributed by atoms with Crippen LogP contribution in [0.3, 0.4) is 0 Å². The summed E-state index contributed by atoms with van der Waals surface area (Å²) in [5.41, 5.74) is 3.77. The second-order valence-electron chi connectivity index (χ2n) is 5.92. The van der Waals surface area contributed by atoms with Gasteiger partial charge in [0, 0.05) is 19.9 Å². The molecule has 0 spiro atoms. The molecule has 1 aromatic heterocycles. The molecule has 1 heterocycles. The largest absolute Gasteiger partial charge is 0.588 e. The van der Waals surface area contributed by atoms with Gasteiger partial charge in [0.2, 0.25) is 0 Å². The predicted octanol–water partition coefficient (Wildman–Crippen LogP) is 2.11. The fourth-order valence-electron chi connectivity index (χ4n) is 2.86. The molecule has 23 heavy (non-hydrogen) atoms. The fraction of sp³-hybridized carbons (Fsp3) is 0.375. The summed E-state index contributed by atoms with van der Waals surface area (Å²) < 4.78 is 29.6. The van der Waals surface area contributed by atoms with Crippen LogP contribution in [-0.4, -0.2) is 20.1 Å². The van der Waals surface area contributed by atoms with E-state index in [1.54, 1.807) is 36.9 Å². The molecular weight excluding hydrogens is 314 g/mol. The topological polar surface area (TPSA) is 87.1 Å². The predicted molar refractivity (Wildman–Crippen MR) is 86.9 cm³/mol. The van der Waals surface area contributed by atoms with E-state index in [4.69, 9.17) is 0 Å². The molecule has 1 atom stereocenters. The van der Waals surface area contributed by atoms with Gasteiger partial charge >= 0.3 is 0 Å². The van der Waals surface area contributed by atoms with Crippen molar-refractivity contribution in [1.29, 1.82) is 0 Å². The quantitative estimate of drug-likeness (QED) is 0.872. The van der Waals surface area contributed by atoms with Crippen LogP contribution in [0.4, 0.5) is 5.69 Å². The average molecular weight is 333 g/mol. The van der Waals surface area contributed by atoms with Gasteiger partial charge in [0.15, 0.2) is 15.3 Å². The van der Waals surface area contributed by atoms with Gasteiger partial charge in [0.1, 0.15) is 11.5 Å². The highest BCUT2D eigenvalue weighted by molar-refractivity contribution is 7.99. The van der Waals surface area contributed by atoms with Crippen molar-refractivity contribution in [3.05, 3.63) is 40.7 Å². The second kappa shape index (κ2) is 5.58. The van der Waals surface area contributed by atoms with Crippen LogP contribution >= 0.6 is 0 Å². The Balaban J connectivity index is 1.94. The Bertz CT molecular complexity index is 841. The van der Waals surface area contributed by atoms with Crippen molar-refractivity contribution in [3.8, 4) is 0 Å². The van der Waals surface area contributed by atoms with Crippen LogP contribution in [0, 0.1) is 13.8 Å². The summed E-state index contributed by atoms with van der Waals surface area (Å²) in [6.45, 7) is 3.58. The average Bonchev–Trinajstić information content (AvgIpc) is 2.73. The zero-order valence-corrected chi connectivity index (χ0v) is 14.2. The van der Waals surface area contributed by atoms with Gasteiger partial charge < -0.3 is 4.55 Å². The number of rotatable bonds is 3. The van der Waals surface area contributed by atoms with E-state index >= 15 is 0 Å². The molecule has 1 aliphatic carbocycles. The first-order chi connectivity index (χ1) is 10.8. The molecule has 0 aliphatic heterocycles. The summed E-state index contributed by atoms with van der Waals surface area (Å²) in [5, 5.41) is 4.22. The van der Waals surface area contributed by atoms with Crippen molar-refractivity contribution >= 4 is 21.9 Å². The smallest absolute Gasteiger partial charge is 0.180 e. The fourth-order valence-corrected chi connectivity index (χ4v) is 4.09. The molecule has 2 aromatic rings. The van der Waals surface area contributed by atoms with E-state index < -0.39 is 10.4 Å². The van der Waals surface area contributed by atoms with E-state index in [0.717, 1.165) is 16.8 Å². The van der Waals surface area contributed by atoms with Gasteiger partial charge in [-0.25, -0.2) is 0 Å². The highest BCUT2D eigenvalue weighted by atomic mass is 32.3. The molecule has 1 aromatic carbocycles. The molecule has 122 valence electrons. The number of aryl methyl sites for hydroxylation is 3. The highest BCUT2D eigenvalue weighted by Gasteiger charge is 2.26. The SMILES string of the molecule is Cc1nn(C)c(C)c1N[S+](=O)([O-])c1ccc2c(c1)CCC(=O)C2. The number of carbonyl (C=O) groups is 1. The van der Waals surface area contributed by atoms with E-state index in [0.29, 0.717) is 30.6 Å². The van der Waals surface area contributed by atoms with Gasteiger partial charge in [0.05, 0.1) is 11.4 Å². The lowest BCUT2D eigenvalue weighted by Crippen LogP contribution is -2.23. The first kappa shape index (κ1) is 15.9. The minimum Gasteiger partial charge on any atom is -0.588 e. The Morgan fingerprint density at radius 2 is 2.00 bits per heavy atom. The lowest BCUT2D eigenvalue weighted by molar-refractivity contribution is -0.118. The van der Waals surface area contributed by atoms with Crippen molar-refractivity contribution < 1.29 is 13.6 Å². The Kier molecular flexibility index (Phi) is 3.85. The first-order valence-corrected chi connectivity index (χ1v) is 8.93. The summed E-state index contributed by atoms with van der Waals surface area (Å²) in [4.78, 5) is 11.7. The third kappa shape index (κ3) is 2.94. The van der Waals surface area contributed by atoms with Crippen LogP contribution < -0.4 is 4.72 Å². The second-order valence-corrected chi connectivity index (χ2v) is 7.60. The van der Waals surface area contributed by atoms with Crippen molar-refractivity contribution in [2.24, 2.45) is 7.05 Å². The Morgan fingerprint density at radius 1 is 1.26 bits per heavy atom. The number of hydrogen-bond acceptors (Lipinski definition) is 4.